The topological polar surface area (TPSA) is 12.0 Å². The van der Waals surface area contributed by atoms with Gasteiger partial charge in [0.25, 0.3) is 0 Å². The Kier molecular flexibility index (Phi) is 2.30. The van der Waals surface area contributed by atoms with Crippen molar-refractivity contribution in [3.8, 4) is 0 Å². The largest absolute Gasteiger partial charge is 0.312 e. The Labute approximate surface area is 46.1 Å². The SMILES string of the molecule is [CH]CNC(C)(C)C. The zero-order chi connectivity index (χ0) is 5.91. The van der Waals surface area contributed by atoms with Gasteiger partial charge in [-0.15, -0.1) is 0 Å². The predicted molar refractivity (Wildman–Crippen MR) is 32.1 cm³/mol. The summed E-state index contributed by atoms with van der Waals surface area (Å²) in [5.41, 5.74) is 0.175. The van der Waals surface area contributed by atoms with Crippen molar-refractivity contribution in [2.24, 2.45) is 0 Å². The Morgan fingerprint density at radius 1 is 1.43 bits per heavy atom. The molecule has 7 heavy (non-hydrogen) atoms. The van der Waals surface area contributed by atoms with Crippen molar-refractivity contribution in [2.75, 3.05) is 6.54 Å². The lowest BCUT2D eigenvalue weighted by Crippen LogP contribution is -2.35. The molecule has 0 aliphatic carbocycles. The van der Waals surface area contributed by atoms with Crippen LogP contribution in [0.15, 0.2) is 0 Å². The van der Waals surface area contributed by atoms with Crippen LogP contribution in [0.5, 0.6) is 0 Å². The van der Waals surface area contributed by atoms with Gasteiger partial charge in [0.05, 0.1) is 0 Å². The second-order valence-electron chi connectivity index (χ2n) is 2.63. The first kappa shape index (κ1) is 6.96. The van der Waals surface area contributed by atoms with Crippen molar-refractivity contribution in [3.63, 3.8) is 0 Å². The standard InChI is InChI=1S/C6H13N/c1-5-7-6(2,3)4/h1,7H,5H2,2-4H3. The van der Waals surface area contributed by atoms with Crippen LogP contribution in [-0.4, -0.2) is 12.1 Å². The van der Waals surface area contributed by atoms with Gasteiger partial charge < -0.3 is 5.32 Å². The van der Waals surface area contributed by atoms with Gasteiger partial charge in [-0.05, 0) is 34.2 Å². The summed E-state index contributed by atoms with van der Waals surface area (Å²) in [7, 11) is 0. The van der Waals surface area contributed by atoms with Crippen LogP contribution in [0.4, 0.5) is 0 Å². The van der Waals surface area contributed by atoms with E-state index in [4.69, 9.17) is 6.92 Å². The normalized spacial score (nSPS) is 12.0. The summed E-state index contributed by atoms with van der Waals surface area (Å²) in [4.78, 5) is 0. The molecule has 0 amide bonds. The molecule has 0 atom stereocenters. The Hall–Kier alpha value is -0.0400. The van der Waals surface area contributed by atoms with Gasteiger partial charge in [-0.1, -0.05) is 0 Å². The summed E-state index contributed by atoms with van der Waals surface area (Å²) in [6.45, 7) is 12.0. The molecule has 0 aromatic carbocycles. The van der Waals surface area contributed by atoms with Crippen LogP contribution in [0, 0.1) is 6.92 Å². The van der Waals surface area contributed by atoms with Crippen LogP contribution < -0.4 is 5.32 Å². The summed E-state index contributed by atoms with van der Waals surface area (Å²) in [6, 6.07) is 0. The van der Waals surface area contributed by atoms with Crippen molar-refractivity contribution in [2.45, 2.75) is 26.3 Å². The Bertz CT molecular complexity index is 42.6. The minimum Gasteiger partial charge on any atom is -0.312 e. The highest BCUT2D eigenvalue weighted by Crippen LogP contribution is 1.95. The summed E-state index contributed by atoms with van der Waals surface area (Å²) in [5.74, 6) is 0. The minimum absolute atomic E-state index is 0.175. The quantitative estimate of drug-likeness (QED) is 0.519. The fourth-order valence-electron chi connectivity index (χ4n) is 0.306. The lowest BCUT2D eigenvalue weighted by molar-refractivity contribution is 0.449. The van der Waals surface area contributed by atoms with Gasteiger partial charge in [0.15, 0.2) is 0 Å². The molecule has 0 bridgehead atoms. The average molecular weight is 99.2 g/mol. The summed E-state index contributed by atoms with van der Waals surface area (Å²) in [6.07, 6.45) is 0. The molecule has 0 aromatic heterocycles. The molecule has 1 nitrogen and oxygen atoms in total. The molecule has 1 heteroatoms. The lowest BCUT2D eigenvalue weighted by atomic mass is 10.1. The lowest BCUT2D eigenvalue weighted by Gasteiger charge is -2.18. The fraction of sp³-hybridized carbons (Fsp3) is 0.833. The van der Waals surface area contributed by atoms with E-state index in [2.05, 4.69) is 26.1 Å². The second-order valence-corrected chi connectivity index (χ2v) is 2.63. The summed E-state index contributed by atoms with van der Waals surface area (Å²) < 4.78 is 0. The highest BCUT2D eigenvalue weighted by molar-refractivity contribution is 4.69. The molecule has 0 aliphatic heterocycles. The van der Waals surface area contributed by atoms with Crippen LogP contribution in [0.2, 0.25) is 0 Å². The Morgan fingerprint density at radius 3 is 1.86 bits per heavy atom. The van der Waals surface area contributed by atoms with Gasteiger partial charge >= 0.3 is 0 Å². The zero-order valence-corrected chi connectivity index (χ0v) is 5.28. The summed E-state index contributed by atoms with van der Waals surface area (Å²) >= 11 is 0. The predicted octanol–water partition coefficient (Wildman–Crippen LogP) is 1.09. The molecule has 0 saturated heterocycles. The van der Waals surface area contributed by atoms with E-state index in [9.17, 15) is 0 Å². The highest BCUT2D eigenvalue weighted by Gasteiger charge is 2.04. The summed E-state index contributed by atoms with van der Waals surface area (Å²) in [5, 5.41) is 3.06. The monoisotopic (exact) mass is 99.1 g/mol. The average Bonchev–Trinajstić information content (AvgIpc) is 1.30. The van der Waals surface area contributed by atoms with Crippen molar-refractivity contribution in [3.05, 3.63) is 6.92 Å². The first-order valence-corrected chi connectivity index (χ1v) is 2.51. The molecule has 0 spiro atoms. The van der Waals surface area contributed by atoms with Crippen LogP contribution in [0.3, 0.4) is 0 Å². The van der Waals surface area contributed by atoms with Gasteiger partial charge in [0.1, 0.15) is 0 Å². The van der Waals surface area contributed by atoms with E-state index in [1.165, 1.54) is 0 Å². The third kappa shape index (κ3) is 5.96. The molecule has 42 valence electrons. The first-order valence-electron chi connectivity index (χ1n) is 2.51. The van der Waals surface area contributed by atoms with Crippen LogP contribution in [0.25, 0.3) is 0 Å². The number of hydrogen-bond acceptors (Lipinski definition) is 1. The molecule has 0 saturated carbocycles. The molecule has 0 rings (SSSR count). The van der Waals surface area contributed by atoms with Crippen molar-refractivity contribution < 1.29 is 0 Å². The number of rotatable bonds is 1. The molecule has 0 fully saturated rings. The van der Waals surface area contributed by atoms with Gasteiger partial charge in [0, 0.05) is 5.54 Å². The van der Waals surface area contributed by atoms with Crippen LogP contribution >= 0.6 is 0 Å². The number of hydrogen-bond donors (Lipinski definition) is 1. The third-order valence-corrected chi connectivity index (χ3v) is 0.632. The third-order valence-electron chi connectivity index (χ3n) is 0.632. The van der Waals surface area contributed by atoms with E-state index < -0.39 is 0 Å². The minimum atomic E-state index is 0.175. The maximum atomic E-state index is 5.20. The molecule has 0 aromatic rings. The van der Waals surface area contributed by atoms with E-state index >= 15 is 0 Å². The first-order chi connectivity index (χ1) is 3.06. The maximum Gasteiger partial charge on any atom is 0.00966 e. The van der Waals surface area contributed by atoms with Gasteiger partial charge in [-0.3, -0.25) is 0 Å². The molecule has 0 aliphatic rings. The smallest absolute Gasteiger partial charge is 0.00966 e. The molecule has 0 unspecified atom stereocenters. The molecule has 0 heterocycles. The van der Waals surface area contributed by atoms with E-state index in [1.54, 1.807) is 0 Å². The zero-order valence-electron chi connectivity index (χ0n) is 5.28. The van der Waals surface area contributed by atoms with Crippen molar-refractivity contribution >= 4 is 0 Å². The second kappa shape index (κ2) is 2.31. The maximum absolute atomic E-state index is 5.20. The van der Waals surface area contributed by atoms with Crippen LogP contribution in [0.1, 0.15) is 20.8 Å². The highest BCUT2D eigenvalue weighted by atomic mass is 14.9. The van der Waals surface area contributed by atoms with Crippen molar-refractivity contribution in [1.29, 1.82) is 0 Å². The van der Waals surface area contributed by atoms with E-state index in [0.29, 0.717) is 6.54 Å². The Morgan fingerprint density at radius 2 is 1.86 bits per heavy atom. The number of nitrogens with one attached hydrogen (secondary N) is 1. The fourth-order valence-corrected chi connectivity index (χ4v) is 0.306. The van der Waals surface area contributed by atoms with E-state index in [0.717, 1.165) is 0 Å². The van der Waals surface area contributed by atoms with Crippen LogP contribution in [-0.2, 0) is 0 Å². The molecular weight excluding hydrogens is 86.1 g/mol. The Balaban J connectivity index is 3.15. The van der Waals surface area contributed by atoms with Gasteiger partial charge in [-0.25, -0.2) is 0 Å². The van der Waals surface area contributed by atoms with Crippen molar-refractivity contribution in [1.82, 2.24) is 5.32 Å². The van der Waals surface area contributed by atoms with E-state index in [1.807, 2.05) is 0 Å². The molecule has 2 radical (unpaired) electrons. The van der Waals surface area contributed by atoms with E-state index in [-0.39, 0.29) is 5.54 Å². The molecular formula is C6H13N. The van der Waals surface area contributed by atoms with Gasteiger partial charge in [-0.2, -0.15) is 0 Å². The van der Waals surface area contributed by atoms with Gasteiger partial charge in [0.2, 0.25) is 0 Å². The molecule has 1 N–H and O–H groups in total.